The van der Waals surface area contributed by atoms with Crippen molar-refractivity contribution in [3.63, 3.8) is 0 Å². The fourth-order valence-corrected chi connectivity index (χ4v) is 2.70. The van der Waals surface area contributed by atoms with E-state index in [1.807, 2.05) is 19.1 Å². The van der Waals surface area contributed by atoms with Crippen molar-refractivity contribution in [1.29, 1.82) is 0 Å². The van der Waals surface area contributed by atoms with Crippen LogP contribution in [-0.4, -0.2) is 35.0 Å². The number of carbonyl (C=O) groups excluding carboxylic acids is 1. The molecule has 1 aliphatic heterocycles. The summed E-state index contributed by atoms with van der Waals surface area (Å²) in [5.74, 6) is 0.0228. The molecule has 1 aromatic heterocycles. The maximum atomic E-state index is 13.7. The van der Waals surface area contributed by atoms with E-state index in [9.17, 15) is 9.18 Å². The molecule has 120 valence electrons. The molecule has 0 radical (unpaired) electrons. The van der Waals surface area contributed by atoms with E-state index in [2.05, 4.69) is 4.98 Å². The van der Waals surface area contributed by atoms with E-state index in [4.69, 9.17) is 4.74 Å². The van der Waals surface area contributed by atoms with Gasteiger partial charge in [-0.2, -0.15) is 0 Å². The molecule has 0 N–H and O–H groups in total. The number of hydrogen-bond acceptors (Lipinski definition) is 3. The number of rotatable bonds is 3. The Labute approximate surface area is 134 Å². The minimum Gasteiger partial charge on any atom is -0.489 e. The quantitative estimate of drug-likeness (QED) is 0.873. The molecular formula is C18H19FN2O2. The number of likely N-dealkylation sites (tertiary alicyclic amines) is 1. The lowest BCUT2D eigenvalue weighted by atomic mass is 10.1. The van der Waals surface area contributed by atoms with Crippen LogP contribution in [0.2, 0.25) is 0 Å². The van der Waals surface area contributed by atoms with Crippen LogP contribution in [0.4, 0.5) is 4.39 Å². The number of halogens is 1. The Morgan fingerprint density at radius 2 is 1.96 bits per heavy atom. The van der Waals surface area contributed by atoms with Crippen molar-refractivity contribution in [1.82, 2.24) is 9.88 Å². The average molecular weight is 314 g/mol. The molecule has 5 heteroatoms. The Bertz CT molecular complexity index is 680. The summed E-state index contributed by atoms with van der Waals surface area (Å²) in [4.78, 5) is 18.3. The van der Waals surface area contributed by atoms with Gasteiger partial charge in [0.15, 0.2) is 0 Å². The van der Waals surface area contributed by atoms with E-state index >= 15 is 0 Å². The molecule has 1 fully saturated rings. The Morgan fingerprint density at radius 3 is 2.61 bits per heavy atom. The third-order valence-electron chi connectivity index (χ3n) is 4.02. The van der Waals surface area contributed by atoms with Gasteiger partial charge in [-0.15, -0.1) is 0 Å². The van der Waals surface area contributed by atoms with Gasteiger partial charge in [0.05, 0.1) is 11.8 Å². The summed E-state index contributed by atoms with van der Waals surface area (Å²) in [6, 6.07) is 9.91. The molecule has 1 aliphatic rings. The fraction of sp³-hybridized carbons (Fsp3) is 0.333. The van der Waals surface area contributed by atoms with Crippen LogP contribution in [0.1, 0.15) is 28.9 Å². The highest BCUT2D eigenvalue weighted by Crippen LogP contribution is 2.20. The number of ether oxygens (including phenoxy) is 1. The Hall–Kier alpha value is -2.43. The third kappa shape index (κ3) is 3.67. The van der Waals surface area contributed by atoms with Crippen molar-refractivity contribution in [2.45, 2.75) is 25.9 Å². The maximum absolute atomic E-state index is 13.7. The van der Waals surface area contributed by atoms with Crippen LogP contribution in [0.5, 0.6) is 5.75 Å². The van der Waals surface area contributed by atoms with Crippen LogP contribution in [0, 0.1) is 12.7 Å². The first-order chi connectivity index (χ1) is 11.1. The molecule has 4 nitrogen and oxygen atoms in total. The molecule has 0 spiro atoms. The smallest absolute Gasteiger partial charge is 0.256 e. The van der Waals surface area contributed by atoms with Crippen LogP contribution < -0.4 is 4.74 Å². The normalized spacial score (nSPS) is 15.5. The molecule has 0 bridgehead atoms. The van der Waals surface area contributed by atoms with Crippen LogP contribution in [0.15, 0.2) is 42.6 Å². The second kappa shape index (κ2) is 6.77. The van der Waals surface area contributed by atoms with Crippen molar-refractivity contribution in [3.05, 3.63) is 59.7 Å². The molecule has 23 heavy (non-hydrogen) atoms. The number of amides is 1. The first kappa shape index (κ1) is 15.5. The second-order valence-electron chi connectivity index (χ2n) is 5.72. The topological polar surface area (TPSA) is 42.4 Å². The van der Waals surface area contributed by atoms with Crippen molar-refractivity contribution in [3.8, 4) is 5.75 Å². The summed E-state index contributed by atoms with van der Waals surface area (Å²) in [7, 11) is 0. The summed E-state index contributed by atoms with van der Waals surface area (Å²) in [5, 5.41) is 0. The molecule has 2 heterocycles. The predicted molar refractivity (Wildman–Crippen MR) is 84.9 cm³/mol. The van der Waals surface area contributed by atoms with Crippen molar-refractivity contribution < 1.29 is 13.9 Å². The summed E-state index contributed by atoms with van der Waals surface area (Å²) in [5.41, 5.74) is 1.08. The lowest BCUT2D eigenvalue weighted by Gasteiger charge is -2.32. The van der Waals surface area contributed by atoms with Gasteiger partial charge in [0.2, 0.25) is 0 Å². The van der Waals surface area contributed by atoms with Gasteiger partial charge in [-0.1, -0.05) is 12.1 Å². The van der Waals surface area contributed by atoms with E-state index in [0.29, 0.717) is 13.1 Å². The van der Waals surface area contributed by atoms with Gasteiger partial charge in [-0.25, -0.2) is 4.39 Å². The van der Waals surface area contributed by atoms with Gasteiger partial charge < -0.3 is 9.64 Å². The van der Waals surface area contributed by atoms with Crippen LogP contribution in [0.3, 0.4) is 0 Å². The van der Waals surface area contributed by atoms with Gasteiger partial charge in [0, 0.05) is 31.6 Å². The average Bonchev–Trinajstić information content (AvgIpc) is 2.57. The van der Waals surface area contributed by atoms with Crippen molar-refractivity contribution in [2.24, 2.45) is 0 Å². The standard InChI is InChI=1S/C18H19FN2O2/c1-13-6-7-15(12-20-13)23-14-8-10-21(11-9-14)18(22)16-4-2-3-5-17(16)19/h2-7,12,14H,8-11H2,1H3. The van der Waals surface area contributed by atoms with Crippen LogP contribution in [-0.2, 0) is 0 Å². The number of aryl methyl sites for hydroxylation is 1. The van der Waals surface area contributed by atoms with Gasteiger partial charge in [-0.05, 0) is 31.2 Å². The SMILES string of the molecule is Cc1ccc(OC2CCN(C(=O)c3ccccc3F)CC2)cn1. The molecule has 0 aliphatic carbocycles. The molecule has 0 unspecified atom stereocenters. The molecule has 2 aromatic rings. The third-order valence-corrected chi connectivity index (χ3v) is 4.02. The van der Waals surface area contributed by atoms with Crippen LogP contribution >= 0.6 is 0 Å². The maximum Gasteiger partial charge on any atom is 0.256 e. The molecule has 1 saturated heterocycles. The molecule has 3 rings (SSSR count). The monoisotopic (exact) mass is 314 g/mol. The Balaban J connectivity index is 1.57. The van der Waals surface area contributed by atoms with E-state index in [1.54, 1.807) is 23.2 Å². The van der Waals surface area contributed by atoms with E-state index in [0.717, 1.165) is 24.3 Å². The summed E-state index contributed by atoms with van der Waals surface area (Å²) < 4.78 is 19.6. The highest BCUT2D eigenvalue weighted by atomic mass is 19.1. The van der Waals surface area contributed by atoms with E-state index < -0.39 is 5.82 Å². The molecular weight excluding hydrogens is 295 g/mol. The highest BCUT2D eigenvalue weighted by Gasteiger charge is 2.26. The Morgan fingerprint density at radius 1 is 1.22 bits per heavy atom. The fourth-order valence-electron chi connectivity index (χ4n) is 2.70. The minimum atomic E-state index is -0.471. The number of hydrogen-bond donors (Lipinski definition) is 0. The zero-order valence-electron chi connectivity index (χ0n) is 13.0. The number of benzene rings is 1. The first-order valence-electron chi connectivity index (χ1n) is 7.76. The van der Waals surface area contributed by atoms with Gasteiger partial charge >= 0.3 is 0 Å². The summed E-state index contributed by atoms with van der Waals surface area (Å²) in [6.45, 7) is 3.06. The number of carbonyl (C=O) groups is 1. The van der Waals surface area contributed by atoms with E-state index in [1.165, 1.54) is 12.1 Å². The summed E-state index contributed by atoms with van der Waals surface area (Å²) in [6.07, 6.45) is 3.23. The number of pyridine rings is 1. The number of piperidine rings is 1. The Kier molecular flexibility index (Phi) is 4.55. The van der Waals surface area contributed by atoms with Gasteiger partial charge in [0.25, 0.3) is 5.91 Å². The molecule has 1 amide bonds. The lowest BCUT2D eigenvalue weighted by molar-refractivity contribution is 0.0590. The zero-order valence-corrected chi connectivity index (χ0v) is 13.0. The minimum absolute atomic E-state index is 0.0594. The van der Waals surface area contributed by atoms with Crippen molar-refractivity contribution in [2.75, 3.05) is 13.1 Å². The predicted octanol–water partition coefficient (Wildman–Crippen LogP) is 3.21. The van der Waals surface area contributed by atoms with Gasteiger partial charge in [-0.3, -0.25) is 9.78 Å². The largest absolute Gasteiger partial charge is 0.489 e. The van der Waals surface area contributed by atoms with E-state index in [-0.39, 0.29) is 17.6 Å². The highest BCUT2D eigenvalue weighted by molar-refractivity contribution is 5.94. The lowest BCUT2D eigenvalue weighted by Crippen LogP contribution is -2.42. The number of nitrogens with zero attached hydrogens (tertiary/aromatic N) is 2. The van der Waals surface area contributed by atoms with Crippen LogP contribution in [0.25, 0.3) is 0 Å². The first-order valence-corrected chi connectivity index (χ1v) is 7.76. The zero-order chi connectivity index (χ0) is 16.2. The molecule has 1 aromatic carbocycles. The second-order valence-corrected chi connectivity index (χ2v) is 5.72. The van der Waals surface area contributed by atoms with Crippen molar-refractivity contribution >= 4 is 5.91 Å². The molecule has 0 atom stereocenters. The molecule has 0 saturated carbocycles. The van der Waals surface area contributed by atoms with Gasteiger partial charge in [0.1, 0.15) is 17.7 Å². The number of aromatic nitrogens is 1. The summed E-state index contributed by atoms with van der Waals surface area (Å²) >= 11 is 0.